The number of hydrogen-bond acceptors (Lipinski definition) is 6. The number of ether oxygens (including phenoxy) is 1. The number of rotatable bonds is 5. The average Bonchev–Trinajstić information content (AvgIpc) is 3.35. The zero-order valence-electron chi connectivity index (χ0n) is 21.1. The van der Waals surface area contributed by atoms with Crippen LogP contribution < -0.4 is 9.64 Å². The summed E-state index contributed by atoms with van der Waals surface area (Å²) in [5.41, 5.74) is 7.24. The van der Waals surface area contributed by atoms with Gasteiger partial charge in [0.25, 0.3) is 5.91 Å². The van der Waals surface area contributed by atoms with Crippen molar-refractivity contribution in [2.24, 2.45) is 0 Å². The monoisotopic (exact) mass is 555 g/mol. The van der Waals surface area contributed by atoms with Gasteiger partial charge in [-0.1, -0.05) is 29.8 Å². The van der Waals surface area contributed by atoms with Crippen LogP contribution in [0.2, 0.25) is 5.02 Å². The molecule has 1 aliphatic heterocycles. The van der Waals surface area contributed by atoms with E-state index in [9.17, 15) is 14.7 Å². The van der Waals surface area contributed by atoms with Crippen molar-refractivity contribution < 1.29 is 19.4 Å². The summed E-state index contributed by atoms with van der Waals surface area (Å²) >= 11 is 7.65. The van der Waals surface area contributed by atoms with Crippen molar-refractivity contribution in [2.45, 2.75) is 13.3 Å². The van der Waals surface area contributed by atoms with Gasteiger partial charge in [0, 0.05) is 35.0 Å². The number of carbonyl (C=O) groups is 2. The number of fused-ring (bicyclic) bond motifs is 2. The largest absolute Gasteiger partial charge is 0.481 e. The molecule has 9 heteroatoms. The van der Waals surface area contributed by atoms with Gasteiger partial charge in [0.2, 0.25) is 0 Å². The topological polar surface area (TPSA) is 92.6 Å². The Hall–Kier alpha value is -4.27. The number of benzene rings is 3. The van der Waals surface area contributed by atoms with Gasteiger partial charge in [-0.2, -0.15) is 0 Å². The molecule has 1 aliphatic rings. The summed E-state index contributed by atoms with van der Waals surface area (Å²) in [6.45, 7) is 1.89. The van der Waals surface area contributed by atoms with Crippen molar-refractivity contribution in [3.8, 4) is 38.7 Å². The Bertz CT molecular complexity index is 1780. The van der Waals surface area contributed by atoms with Gasteiger partial charge in [0.1, 0.15) is 5.01 Å². The number of carbonyl (C=O) groups excluding carboxylic acids is 1. The summed E-state index contributed by atoms with van der Waals surface area (Å²) < 4.78 is 6.73. The van der Waals surface area contributed by atoms with E-state index in [0.29, 0.717) is 22.2 Å². The van der Waals surface area contributed by atoms with Crippen molar-refractivity contribution in [2.75, 3.05) is 18.6 Å². The molecular weight excluding hydrogens is 534 g/mol. The standard InChI is InChI=1S/C30H22ClN3O4S/c1-16-12-23-29(27(21(16)14-26(36)37)17-6-8-19(31)9-7-17)39-30(33-23)18-10-11-32-22(13-18)20-4-3-5-24-28(20)38-15-25(35)34(24)2/h3-13H,14-15H2,1-2H3,(H,36,37). The minimum Gasteiger partial charge on any atom is -0.481 e. The number of likely N-dealkylation sites (N-methyl/N-ethyl adjacent to an activating group) is 1. The van der Waals surface area contributed by atoms with Crippen molar-refractivity contribution >= 4 is 50.7 Å². The highest BCUT2D eigenvalue weighted by Gasteiger charge is 2.26. The second-order valence-electron chi connectivity index (χ2n) is 9.32. The van der Waals surface area contributed by atoms with E-state index in [-0.39, 0.29) is 18.9 Å². The highest BCUT2D eigenvalue weighted by molar-refractivity contribution is 7.22. The molecule has 6 rings (SSSR count). The molecule has 0 saturated heterocycles. The van der Waals surface area contributed by atoms with E-state index >= 15 is 0 Å². The minimum atomic E-state index is -0.892. The zero-order valence-corrected chi connectivity index (χ0v) is 22.6. The quantitative estimate of drug-likeness (QED) is 0.261. The third-order valence-corrected chi connectivity index (χ3v) is 8.21. The highest BCUT2D eigenvalue weighted by Crippen LogP contribution is 2.43. The van der Waals surface area contributed by atoms with Gasteiger partial charge in [-0.05, 0) is 66.1 Å². The van der Waals surface area contributed by atoms with E-state index in [1.54, 1.807) is 30.3 Å². The maximum atomic E-state index is 12.1. The third kappa shape index (κ3) is 4.51. The summed E-state index contributed by atoms with van der Waals surface area (Å²) in [5, 5.41) is 11.0. The predicted octanol–water partition coefficient (Wildman–Crippen LogP) is 6.64. The molecule has 5 aromatic rings. The number of pyridine rings is 1. The van der Waals surface area contributed by atoms with Gasteiger partial charge >= 0.3 is 5.97 Å². The van der Waals surface area contributed by atoms with Crippen LogP contribution >= 0.6 is 22.9 Å². The molecule has 0 unspecified atom stereocenters. The van der Waals surface area contributed by atoms with Crippen LogP contribution in [0.4, 0.5) is 5.69 Å². The summed E-state index contributed by atoms with van der Waals surface area (Å²) in [5.74, 6) is -0.380. The SMILES string of the molecule is Cc1cc2nc(-c3ccnc(-c4cccc5c4OCC(=O)N5C)c3)sc2c(-c2ccc(Cl)cc2)c1CC(=O)O. The van der Waals surface area contributed by atoms with Crippen LogP contribution in [-0.4, -0.2) is 40.6 Å². The molecule has 0 radical (unpaired) electrons. The number of carboxylic acids is 1. The van der Waals surface area contributed by atoms with Crippen LogP contribution in [0.1, 0.15) is 11.1 Å². The molecule has 2 aromatic heterocycles. The average molecular weight is 556 g/mol. The lowest BCUT2D eigenvalue weighted by atomic mass is 9.93. The first-order valence-electron chi connectivity index (χ1n) is 12.2. The van der Waals surface area contributed by atoms with Crippen molar-refractivity contribution in [3.63, 3.8) is 0 Å². The number of thiazole rings is 1. The normalized spacial score (nSPS) is 12.9. The second-order valence-corrected chi connectivity index (χ2v) is 10.8. The van der Waals surface area contributed by atoms with Gasteiger partial charge in [0.15, 0.2) is 12.4 Å². The van der Waals surface area contributed by atoms with Crippen molar-refractivity contribution in [1.29, 1.82) is 0 Å². The lowest BCUT2D eigenvalue weighted by Gasteiger charge is -2.27. The molecule has 1 amide bonds. The zero-order chi connectivity index (χ0) is 27.3. The number of aliphatic carboxylic acids is 1. The molecule has 0 fully saturated rings. The molecule has 3 heterocycles. The molecular formula is C30H22ClN3O4S. The molecule has 194 valence electrons. The molecule has 3 aromatic carbocycles. The Morgan fingerprint density at radius 2 is 1.92 bits per heavy atom. The fourth-order valence-electron chi connectivity index (χ4n) is 4.88. The van der Waals surface area contributed by atoms with Crippen molar-refractivity contribution in [1.82, 2.24) is 9.97 Å². The maximum Gasteiger partial charge on any atom is 0.307 e. The molecule has 0 bridgehead atoms. The van der Waals surface area contributed by atoms with Gasteiger partial charge in [-0.15, -0.1) is 11.3 Å². The minimum absolute atomic E-state index is 0.0242. The Balaban J connectivity index is 1.50. The number of aromatic nitrogens is 2. The number of carboxylic acid groups (broad SMARTS) is 1. The number of para-hydroxylation sites is 1. The molecule has 0 aliphatic carbocycles. The highest BCUT2D eigenvalue weighted by atomic mass is 35.5. The van der Waals surface area contributed by atoms with E-state index in [0.717, 1.165) is 48.6 Å². The van der Waals surface area contributed by atoms with Crippen molar-refractivity contribution in [3.05, 3.63) is 83.0 Å². The second kappa shape index (κ2) is 9.80. The Morgan fingerprint density at radius 1 is 1.13 bits per heavy atom. The van der Waals surface area contributed by atoms with Crippen LogP contribution in [0.5, 0.6) is 5.75 Å². The van der Waals surface area contributed by atoms with Crippen LogP contribution in [0.25, 0.3) is 43.2 Å². The third-order valence-electron chi connectivity index (χ3n) is 6.82. The Kier molecular flexibility index (Phi) is 6.29. The number of halogens is 1. The van der Waals surface area contributed by atoms with Gasteiger partial charge in [0.05, 0.1) is 28.0 Å². The molecule has 0 saturated carbocycles. The lowest BCUT2D eigenvalue weighted by molar-refractivity contribution is -0.136. The van der Waals surface area contributed by atoms with E-state index in [4.69, 9.17) is 21.3 Å². The van der Waals surface area contributed by atoms with Crippen LogP contribution in [-0.2, 0) is 16.0 Å². The molecule has 0 spiro atoms. The molecule has 39 heavy (non-hydrogen) atoms. The maximum absolute atomic E-state index is 12.1. The number of hydrogen-bond donors (Lipinski definition) is 1. The lowest BCUT2D eigenvalue weighted by Crippen LogP contribution is -2.35. The fourth-order valence-corrected chi connectivity index (χ4v) is 6.14. The van der Waals surface area contributed by atoms with E-state index < -0.39 is 5.97 Å². The summed E-state index contributed by atoms with van der Waals surface area (Å²) in [7, 11) is 1.73. The fraction of sp³-hybridized carbons (Fsp3) is 0.133. The smallest absolute Gasteiger partial charge is 0.307 e. The van der Waals surface area contributed by atoms with Gasteiger partial charge < -0.3 is 14.7 Å². The first-order valence-corrected chi connectivity index (χ1v) is 13.4. The van der Waals surface area contributed by atoms with Crippen LogP contribution in [0, 0.1) is 6.92 Å². The Labute approximate surface area is 233 Å². The van der Waals surface area contributed by atoms with Gasteiger partial charge in [-0.3, -0.25) is 14.6 Å². The van der Waals surface area contributed by atoms with E-state index in [1.165, 1.54) is 11.3 Å². The predicted molar refractivity (Wildman–Crippen MR) is 154 cm³/mol. The number of aryl methyl sites for hydroxylation is 1. The van der Waals surface area contributed by atoms with E-state index in [2.05, 4.69) is 4.98 Å². The molecule has 0 atom stereocenters. The molecule has 1 N–H and O–H groups in total. The first kappa shape index (κ1) is 25.0. The first-order chi connectivity index (χ1) is 18.8. The number of nitrogens with zero attached hydrogens (tertiary/aromatic N) is 3. The number of amides is 1. The Morgan fingerprint density at radius 3 is 2.69 bits per heavy atom. The number of anilines is 1. The van der Waals surface area contributed by atoms with E-state index in [1.807, 2.05) is 55.5 Å². The summed E-state index contributed by atoms with van der Waals surface area (Å²) in [6.07, 6.45) is 1.64. The van der Waals surface area contributed by atoms with Crippen LogP contribution in [0.3, 0.4) is 0 Å². The molecule has 7 nitrogen and oxygen atoms in total. The van der Waals surface area contributed by atoms with Crippen LogP contribution in [0.15, 0.2) is 66.9 Å². The summed E-state index contributed by atoms with van der Waals surface area (Å²) in [4.78, 5) is 35.0. The summed E-state index contributed by atoms with van der Waals surface area (Å²) in [6, 6.07) is 18.9. The van der Waals surface area contributed by atoms with Gasteiger partial charge in [-0.25, -0.2) is 4.98 Å².